The smallest absolute Gasteiger partial charge is 0.300 e. The zero-order chi connectivity index (χ0) is 23.2. The van der Waals surface area contributed by atoms with Crippen molar-refractivity contribution in [2.45, 2.75) is 6.04 Å². The number of amides is 1. The fraction of sp³-hybridized carbons (Fsp3) is 0.0741. The van der Waals surface area contributed by atoms with Crippen LogP contribution in [0.4, 0.5) is 5.69 Å². The number of carbonyl (C=O) groups excluding carboxylic acids is 2. The highest BCUT2D eigenvalue weighted by Gasteiger charge is 2.47. The van der Waals surface area contributed by atoms with Crippen molar-refractivity contribution in [3.63, 3.8) is 0 Å². The third-order valence-electron chi connectivity index (χ3n) is 6.14. The van der Waals surface area contributed by atoms with Crippen LogP contribution in [0.2, 0.25) is 0 Å². The third kappa shape index (κ3) is 3.02. The van der Waals surface area contributed by atoms with Crippen LogP contribution < -0.4 is 14.4 Å². The van der Waals surface area contributed by atoms with Crippen LogP contribution in [-0.4, -0.2) is 28.6 Å². The van der Waals surface area contributed by atoms with Gasteiger partial charge in [-0.1, -0.05) is 36.4 Å². The number of aromatic nitrogens is 1. The number of anilines is 1. The van der Waals surface area contributed by atoms with Gasteiger partial charge in [-0.2, -0.15) is 0 Å². The first kappa shape index (κ1) is 20.0. The van der Waals surface area contributed by atoms with Gasteiger partial charge >= 0.3 is 0 Å². The maximum absolute atomic E-state index is 13.4. The van der Waals surface area contributed by atoms with Gasteiger partial charge < -0.3 is 14.6 Å². The molecule has 1 amide bonds. The molecule has 7 heteroatoms. The summed E-state index contributed by atoms with van der Waals surface area (Å²) in [6.45, 7) is 0.0854. The average Bonchev–Trinajstić information content (AvgIpc) is 3.46. The number of ketones is 1. The molecule has 0 aliphatic carbocycles. The van der Waals surface area contributed by atoms with Crippen LogP contribution in [0.15, 0.2) is 90.8 Å². The molecule has 0 spiro atoms. The van der Waals surface area contributed by atoms with Crippen LogP contribution in [0.3, 0.4) is 0 Å². The molecule has 0 bridgehead atoms. The van der Waals surface area contributed by atoms with Crippen LogP contribution in [0.1, 0.15) is 17.2 Å². The first-order valence-corrected chi connectivity index (χ1v) is 10.7. The highest BCUT2D eigenvalue weighted by atomic mass is 16.7. The largest absolute Gasteiger partial charge is 0.507 e. The zero-order valence-corrected chi connectivity index (χ0v) is 17.8. The van der Waals surface area contributed by atoms with Gasteiger partial charge in [-0.3, -0.25) is 19.5 Å². The van der Waals surface area contributed by atoms with E-state index in [0.29, 0.717) is 28.3 Å². The molecule has 166 valence electrons. The standard InChI is InChI=1S/C27H18N2O5/c30-25(18-8-9-21-22(14-18)34-15-33-21)23-24(17-10-12-28-13-11-17)29(27(32)26(23)31)20-7-3-5-16-4-1-2-6-19(16)20/h1-14,24,30H,15H2/b25-23+. The topological polar surface area (TPSA) is 89.0 Å². The molecule has 2 aliphatic heterocycles. The maximum Gasteiger partial charge on any atom is 0.300 e. The molecule has 2 aliphatic rings. The van der Waals surface area contributed by atoms with Crippen LogP contribution >= 0.6 is 0 Å². The summed E-state index contributed by atoms with van der Waals surface area (Å²) >= 11 is 0. The molecule has 4 aromatic rings. The second kappa shape index (κ2) is 7.74. The number of Topliss-reactive ketones (excluding diaryl/α,β-unsaturated/α-hetero) is 1. The van der Waals surface area contributed by atoms with E-state index in [1.54, 1.807) is 42.7 Å². The molecule has 1 unspecified atom stereocenters. The number of aliphatic hydroxyl groups excluding tert-OH is 1. The van der Waals surface area contributed by atoms with Gasteiger partial charge in [0.25, 0.3) is 11.7 Å². The summed E-state index contributed by atoms with van der Waals surface area (Å²) in [5.41, 5.74) is 1.61. The molecule has 0 radical (unpaired) electrons. The number of ether oxygens (including phenoxy) is 2. The van der Waals surface area contributed by atoms with Gasteiger partial charge in [0.2, 0.25) is 6.79 Å². The van der Waals surface area contributed by atoms with E-state index < -0.39 is 17.7 Å². The van der Waals surface area contributed by atoms with Crippen LogP contribution in [0, 0.1) is 0 Å². The second-order valence-electron chi connectivity index (χ2n) is 8.02. The first-order valence-electron chi connectivity index (χ1n) is 10.7. The normalized spacial score (nSPS) is 18.6. The van der Waals surface area contributed by atoms with Crippen molar-refractivity contribution >= 4 is 33.9 Å². The molecule has 6 rings (SSSR count). The molecule has 7 nitrogen and oxygen atoms in total. The Morgan fingerprint density at radius 3 is 2.53 bits per heavy atom. The molecule has 1 aromatic heterocycles. The Balaban J connectivity index is 1.58. The van der Waals surface area contributed by atoms with Crippen molar-refractivity contribution in [3.8, 4) is 11.5 Å². The Hall–Kier alpha value is -4.65. The average molecular weight is 450 g/mol. The van der Waals surface area contributed by atoms with E-state index in [1.807, 2.05) is 42.5 Å². The zero-order valence-electron chi connectivity index (χ0n) is 17.8. The highest BCUT2D eigenvalue weighted by molar-refractivity contribution is 6.52. The molecule has 1 atom stereocenters. The Labute approximate surface area is 194 Å². The molecular weight excluding hydrogens is 432 g/mol. The van der Waals surface area contributed by atoms with Gasteiger partial charge in [0.15, 0.2) is 11.5 Å². The number of carbonyl (C=O) groups is 2. The maximum atomic E-state index is 13.4. The Bertz CT molecular complexity index is 1490. The molecule has 3 heterocycles. The van der Waals surface area contributed by atoms with Crippen molar-refractivity contribution in [1.82, 2.24) is 4.98 Å². The van der Waals surface area contributed by atoms with E-state index in [4.69, 9.17) is 9.47 Å². The lowest BCUT2D eigenvalue weighted by molar-refractivity contribution is -0.132. The predicted octanol–water partition coefficient (Wildman–Crippen LogP) is 4.59. The molecule has 0 saturated carbocycles. The third-order valence-corrected chi connectivity index (χ3v) is 6.14. The van der Waals surface area contributed by atoms with Crippen molar-refractivity contribution in [3.05, 3.63) is 102 Å². The van der Waals surface area contributed by atoms with Gasteiger partial charge in [-0.25, -0.2) is 0 Å². The number of aliphatic hydroxyl groups is 1. The number of fused-ring (bicyclic) bond motifs is 2. The van der Waals surface area contributed by atoms with Crippen LogP contribution in [-0.2, 0) is 9.59 Å². The van der Waals surface area contributed by atoms with E-state index in [9.17, 15) is 14.7 Å². The van der Waals surface area contributed by atoms with Crippen molar-refractivity contribution in [1.29, 1.82) is 0 Å². The summed E-state index contributed by atoms with van der Waals surface area (Å²) in [5, 5.41) is 13.1. The first-order chi connectivity index (χ1) is 16.6. The Kier molecular flexibility index (Phi) is 4.55. The van der Waals surface area contributed by atoms with Gasteiger partial charge in [-0.15, -0.1) is 0 Å². The van der Waals surface area contributed by atoms with E-state index in [-0.39, 0.29) is 18.1 Å². The summed E-state index contributed by atoms with van der Waals surface area (Å²) in [6, 6.07) is 20.8. The fourth-order valence-electron chi connectivity index (χ4n) is 4.56. The summed E-state index contributed by atoms with van der Waals surface area (Å²) in [7, 11) is 0. The number of benzene rings is 3. The fourth-order valence-corrected chi connectivity index (χ4v) is 4.56. The monoisotopic (exact) mass is 450 g/mol. The highest BCUT2D eigenvalue weighted by Crippen LogP contribution is 2.44. The lowest BCUT2D eigenvalue weighted by Gasteiger charge is -2.26. The minimum atomic E-state index is -0.834. The molecule has 1 N–H and O–H groups in total. The Morgan fingerprint density at radius 2 is 1.68 bits per heavy atom. The van der Waals surface area contributed by atoms with Crippen molar-refractivity contribution in [2.24, 2.45) is 0 Å². The molecule has 34 heavy (non-hydrogen) atoms. The minimum absolute atomic E-state index is 0.00278. The molecule has 1 fully saturated rings. The van der Waals surface area contributed by atoms with Crippen LogP contribution in [0.5, 0.6) is 11.5 Å². The Morgan fingerprint density at radius 1 is 0.912 bits per heavy atom. The number of hydrogen-bond acceptors (Lipinski definition) is 6. The number of nitrogens with zero attached hydrogens (tertiary/aromatic N) is 2. The predicted molar refractivity (Wildman–Crippen MR) is 126 cm³/mol. The lowest BCUT2D eigenvalue weighted by atomic mass is 9.95. The van der Waals surface area contributed by atoms with E-state index in [2.05, 4.69) is 4.98 Å². The van der Waals surface area contributed by atoms with Gasteiger partial charge in [0.05, 0.1) is 17.3 Å². The number of hydrogen-bond donors (Lipinski definition) is 1. The summed E-state index contributed by atoms with van der Waals surface area (Å²) < 4.78 is 10.8. The van der Waals surface area contributed by atoms with E-state index >= 15 is 0 Å². The minimum Gasteiger partial charge on any atom is -0.507 e. The lowest BCUT2D eigenvalue weighted by Crippen LogP contribution is -2.29. The summed E-state index contributed by atoms with van der Waals surface area (Å²) in [4.78, 5) is 32.3. The van der Waals surface area contributed by atoms with Gasteiger partial charge in [0.1, 0.15) is 5.76 Å². The molecule has 3 aromatic carbocycles. The van der Waals surface area contributed by atoms with Crippen molar-refractivity contribution in [2.75, 3.05) is 11.7 Å². The molecule has 1 saturated heterocycles. The summed E-state index contributed by atoms with van der Waals surface area (Å²) in [6.07, 6.45) is 3.19. The van der Waals surface area contributed by atoms with Gasteiger partial charge in [0, 0.05) is 23.3 Å². The van der Waals surface area contributed by atoms with Crippen molar-refractivity contribution < 1.29 is 24.2 Å². The van der Waals surface area contributed by atoms with Crippen LogP contribution in [0.25, 0.3) is 16.5 Å². The number of pyridine rings is 1. The molecular formula is C27H18N2O5. The summed E-state index contributed by atoms with van der Waals surface area (Å²) in [5.74, 6) is -0.724. The van der Waals surface area contributed by atoms with E-state index in [0.717, 1.165) is 10.8 Å². The second-order valence-corrected chi connectivity index (χ2v) is 8.02. The van der Waals surface area contributed by atoms with Gasteiger partial charge in [-0.05, 0) is 47.3 Å². The SMILES string of the molecule is O=C1C(=O)N(c2cccc3ccccc23)C(c2ccncc2)/C1=C(\O)c1ccc2c(c1)OCO2. The quantitative estimate of drug-likeness (QED) is 0.279. The van der Waals surface area contributed by atoms with E-state index in [1.165, 1.54) is 4.90 Å². The number of rotatable bonds is 3.